The average Bonchev–Trinajstić information content (AvgIpc) is 2.53. The predicted molar refractivity (Wildman–Crippen MR) is 91.7 cm³/mol. The first kappa shape index (κ1) is 18.7. The van der Waals surface area contributed by atoms with E-state index in [0.717, 1.165) is 32.4 Å². The molecule has 0 aromatic rings. The second kappa shape index (κ2) is 10.4. The van der Waals surface area contributed by atoms with Gasteiger partial charge in [-0.15, -0.1) is 0 Å². The summed E-state index contributed by atoms with van der Waals surface area (Å²) in [4.78, 5) is 15.1. The maximum absolute atomic E-state index is 12.7. The molecule has 1 unspecified atom stereocenters. The maximum Gasteiger partial charge on any atom is 0.152 e. The molecule has 0 N–H and O–H groups in total. The van der Waals surface area contributed by atoms with Crippen molar-refractivity contribution in [3.63, 3.8) is 0 Å². The number of carbonyl (C=O) groups excluding carboxylic acids is 1. The minimum absolute atomic E-state index is 0.192. The molecule has 0 aromatic carbocycles. The molecule has 0 aromatic heterocycles. The van der Waals surface area contributed by atoms with Crippen molar-refractivity contribution in [1.29, 1.82) is 0 Å². The van der Waals surface area contributed by atoms with Crippen molar-refractivity contribution in [3.8, 4) is 0 Å². The van der Waals surface area contributed by atoms with Crippen molar-refractivity contribution in [3.05, 3.63) is 0 Å². The Morgan fingerprint density at radius 2 is 1.48 bits per heavy atom. The Balaban J connectivity index is 2.27. The van der Waals surface area contributed by atoms with Gasteiger partial charge in [-0.3, -0.25) is 9.69 Å². The third-order valence-electron chi connectivity index (χ3n) is 5.35. The van der Waals surface area contributed by atoms with Gasteiger partial charge >= 0.3 is 0 Å². The number of ketones is 1. The van der Waals surface area contributed by atoms with Gasteiger partial charge in [-0.25, -0.2) is 0 Å². The fourth-order valence-electron chi connectivity index (χ4n) is 3.50. The SMILES string of the molecule is CCCCCCCCCC(=O)C(C)(CC)N1CCCCC1. The molecule has 0 spiro atoms. The summed E-state index contributed by atoms with van der Waals surface area (Å²) in [5, 5.41) is 0. The second-order valence-electron chi connectivity index (χ2n) is 6.97. The minimum atomic E-state index is -0.192. The normalized spacial score (nSPS) is 19.4. The van der Waals surface area contributed by atoms with E-state index in [1.54, 1.807) is 0 Å². The number of likely N-dealkylation sites (tertiary alicyclic amines) is 1. The molecular weight excluding hydrogens is 258 g/mol. The Labute approximate surface area is 132 Å². The Kier molecular flexibility index (Phi) is 9.23. The smallest absolute Gasteiger partial charge is 0.152 e. The Hall–Kier alpha value is -0.370. The van der Waals surface area contributed by atoms with Crippen molar-refractivity contribution in [2.24, 2.45) is 0 Å². The first-order valence-corrected chi connectivity index (χ1v) is 9.43. The molecule has 1 fully saturated rings. The Morgan fingerprint density at radius 1 is 0.905 bits per heavy atom. The number of hydrogen-bond acceptors (Lipinski definition) is 2. The molecule has 0 saturated carbocycles. The number of nitrogens with zero attached hydrogens (tertiary/aromatic N) is 1. The molecule has 1 atom stereocenters. The largest absolute Gasteiger partial charge is 0.298 e. The fraction of sp³-hybridized carbons (Fsp3) is 0.947. The highest BCUT2D eigenvalue weighted by atomic mass is 16.1. The highest BCUT2D eigenvalue weighted by molar-refractivity contribution is 5.87. The van der Waals surface area contributed by atoms with Crippen LogP contribution in [0.4, 0.5) is 0 Å². The summed E-state index contributed by atoms with van der Waals surface area (Å²) in [7, 11) is 0. The van der Waals surface area contributed by atoms with Gasteiger partial charge in [0, 0.05) is 6.42 Å². The summed E-state index contributed by atoms with van der Waals surface area (Å²) in [5.74, 6) is 0.487. The number of unbranched alkanes of at least 4 members (excludes halogenated alkanes) is 6. The standard InChI is InChI=1S/C19H37NO/c1-4-6-7-8-9-10-12-15-18(21)19(3,5-2)20-16-13-11-14-17-20/h4-17H2,1-3H3. The van der Waals surface area contributed by atoms with E-state index in [9.17, 15) is 4.79 Å². The second-order valence-corrected chi connectivity index (χ2v) is 6.97. The van der Waals surface area contributed by atoms with Gasteiger partial charge in [-0.05, 0) is 45.7 Å². The van der Waals surface area contributed by atoms with Crippen LogP contribution in [-0.4, -0.2) is 29.3 Å². The lowest BCUT2D eigenvalue weighted by Gasteiger charge is -2.42. The molecule has 1 aliphatic heterocycles. The van der Waals surface area contributed by atoms with E-state index >= 15 is 0 Å². The van der Waals surface area contributed by atoms with Crippen molar-refractivity contribution >= 4 is 5.78 Å². The van der Waals surface area contributed by atoms with Crippen molar-refractivity contribution < 1.29 is 4.79 Å². The van der Waals surface area contributed by atoms with Gasteiger partial charge < -0.3 is 0 Å². The van der Waals surface area contributed by atoms with Crippen LogP contribution in [0.3, 0.4) is 0 Å². The molecule has 1 rings (SSSR count). The van der Waals surface area contributed by atoms with Crippen molar-refractivity contribution in [2.75, 3.05) is 13.1 Å². The topological polar surface area (TPSA) is 20.3 Å². The van der Waals surface area contributed by atoms with E-state index in [1.807, 2.05) is 0 Å². The molecule has 2 nitrogen and oxygen atoms in total. The number of rotatable bonds is 11. The van der Waals surface area contributed by atoms with Gasteiger partial charge in [0.1, 0.15) is 0 Å². The van der Waals surface area contributed by atoms with Crippen molar-refractivity contribution in [1.82, 2.24) is 4.90 Å². The quantitative estimate of drug-likeness (QED) is 0.479. The molecule has 1 aliphatic rings. The van der Waals surface area contributed by atoms with E-state index in [4.69, 9.17) is 0 Å². The first-order chi connectivity index (χ1) is 10.1. The zero-order valence-electron chi connectivity index (χ0n) is 14.8. The van der Waals surface area contributed by atoms with Crippen LogP contribution in [0, 0.1) is 0 Å². The summed E-state index contributed by atoms with van der Waals surface area (Å²) in [5.41, 5.74) is -0.192. The number of Topliss-reactive ketones (excluding diaryl/α,β-unsaturated/α-hetero) is 1. The zero-order valence-corrected chi connectivity index (χ0v) is 14.8. The first-order valence-electron chi connectivity index (χ1n) is 9.43. The molecule has 0 amide bonds. The lowest BCUT2D eigenvalue weighted by Crippen LogP contribution is -2.53. The molecule has 124 valence electrons. The monoisotopic (exact) mass is 295 g/mol. The summed E-state index contributed by atoms with van der Waals surface area (Å²) in [6.07, 6.45) is 14.6. The third-order valence-corrected chi connectivity index (χ3v) is 5.35. The van der Waals surface area contributed by atoms with Crippen LogP contribution in [0.25, 0.3) is 0 Å². The number of hydrogen-bond donors (Lipinski definition) is 0. The van der Waals surface area contributed by atoms with Gasteiger partial charge in [0.05, 0.1) is 5.54 Å². The van der Waals surface area contributed by atoms with Crippen LogP contribution in [0.5, 0.6) is 0 Å². The summed E-state index contributed by atoms with van der Waals surface area (Å²) < 4.78 is 0. The van der Waals surface area contributed by atoms with Gasteiger partial charge in [-0.1, -0.05) is 58.8 Å². The van der Waals surface area contributed by atoms with E-state index in [0.29, 0.717) is 5.78 Å². The molecule has 1 saturated heterocycles. The minimum Gasteiger partial charge on any atom is -0.298 e. The molecule has 0 aliphatic carbocycles. The van der Waals surface area contributed by atoms with Crippen LogP contribution in [-0.2, 0) is 4.79 Å². The Bertz CT molecular complexity index is 283. The predicted octanol–water partition coefficient (Wildman–Crippen LogP) is 5.35. The lowest BCUT2D eigenvalue weighted by atomic mass is 9.86. The fourth-order valence-corrected chi connectivity index (χ4v) is 3.50. The van der Waals surface area contributed by atoms with Crippen LogP contribution in [0.1, 0.15) is 97.8 Å². The highest BCUT2D eigenvalue weighted by Gasteiger charge is 2.37. The van der Waals surface area contributed by atoms with Crippen LogP contribution in [0.2, 0.25) is 0 Å². The van der Waals surface area contributed by atoms with E-state index in [-0.39, 0.29) is 5.54 Å². The van der Waals surface area contributed by atoms with Gasteiger partial charge in [0.2, 0.25) is 0 Å². The molecule has 2 heteroatoms. The zero-order chi connectivity index (χ0) is 15.6. The molecule has 0 radical (unpaired) electrons. The molecule has 0 bridgehead atoms. The molecule has 1 heterocycles. The van der Waals surface area contributed by atoms with Crippen molar-refractivity contribution in [2.45, 2.75) is 103 Å². The van der Waals surface area contributed by atoms with E-state index < -0.39 is 0 Å². The third kappa shape index (κ3) is 6.10. The summed E-state index contributed by atoms with van der Waals surface area (Å²) in [6, 6.07) is 0. The lowest BCUT2D eigenvalue weighted by molar-refractivity contribution is -0.131. The number of piperidine rings is 1. The summed E-state index contributed by atoms with van der Waals surface area (Å²) >= 11 is 0. The molecule has 21 heavy (non-hydrogen) atoms. The average molecular weight is 296 g/mol. The van der Waals surface area contributed by atoms with Crippen LogP contribution in [0.15, 0.2) is 0 Å². The van der Waals surface area contributed by atoms with Crippen LogP contribution < -0.4 is 0 Å². The maximum atomic E-state index is 12.7. The molecular formula is C19H37NO. The summed E-state index contributed by atoms with van der Waals surface area (Å²) in [6.45, 7) is 8.85. The van der Waals surface area contributed by atoms with Gasteiger partial charge in [-0.2, -0.15) is 0 Å². The van der Waals surface area contributed by atoms with Gasteiger partial charge in [0.25, 0.3) is 0 Å². The van der Waals surface area contributed by atoms with E-state index in [2.05, 4.69) is 25.7 Å². The van der Waals surface area contributed by atoms with Gasteiger partial charge in [0.15, 0.2) is 5.78 Å². The highest BCUT2D eigenvalue weighted by Crippen LogP contribution is 2.27. The number of carbonyl (C=O) groups is 1. The Morgan fingerprint density at radius 3 is 2.05 bits per heavy atom. The van der Waals surface area contributed by atoms with E-state index in [1.165, 1.54) is 57.8 Å². The van der Waals surface area contributed by atoms with Crippen LogP contribution >= 0.6 is 0 Å².